The van der Waals surface area contributed by atoms with Crippen LogP contribution < -0.4 is 0 Å². The van der Waals surface area contributed by atoms with E-state index in [0.717, 1.165) is 89.8 Å². The summed E-state index contributed by atoms with van der Waals surface area (Å²) in [5, 5.41) is 4.59. The van der Waals surface area contributed by atoms with E-state index in [0.29, 0.717) is 5.82 Å². The van der Waals surface area contributed by atoms with E-state index in [1.807, 2.05) is 6.07 Å². The molecule has 0 saturated heterocycles. The molecule has 1 aliphatic rings. The minimum absolute atomic E-state index is 0.524. The van der Waals surface area contributed by atoms with Gasteiger partial charge in [-0.25, -0.2) is 9.97 Å². The maximum Gasteiger partial charge on any atom is 0.160 e. The number of nitrogens with zero attached hydrogens (tertiary/aromatic N) is 3. The normalized spacial score (nSPS) is 12.7. The van der Waals surface area contributed by atoms with Gasteiger partial charge in [-0.2, -0.15) is 0 Å². The molecule has 0 spiro atoms. The zero-order valence-electron chi connectivity index (χ0n) is 39.1. The second kappa shape index (κ2) is 16.3. The highest BCUT2D eigenvalue weighted by Crippen LogP contribution is 2.57. The van der Waals surface area contributed by atoms with Crippen molar-refractivity contribution in [1.82, 2.24) is 14.5 Å². The monoisotopic (exact) mass is 907 g/mol. The summed E-state index contributed by atoms with van der Waals surface area (Å²) in [4.78, 5) is 10.9. The Bertz CT molecular complexity index is 4150. The SMILES string of the molecule is CCc1c(-c2ccccc2)nc(-c2ccc3c(c2)oc2cc(-c4ccccc4)ccc23)nc1-c1cccc(-n2c3ccccc3c3cc4c(cc32)C(c2ccccc2)(c2ccccc2)c2ccccc2-4)c1. The standard InChI is InChI=1S/C67H45N3O/c1-2-51-64(44-22-9-4-10-23-44)68-66(47-35-37-55-54-36-34-45(43-20-7-3-8-21-43)39-62(54)71-63(55)40-47)69-65(51)46-24-19-29-50(38-46)70-60-33-18-16-31-53(60)57-41-56-52-30-15-17-32-58(52)67(59(56)42-61(57)70,48-25-11-5-12-26-48)49-27-13-6-14-28-49/h3-42H,2H2,1H3. The molecule has 0 amide bonds. The zero-order valence-corrected chi connectivity index (χ0v) is 39.1. The van der Waals surface area contributed by atoms with Crippen LogP contribution in [0.15, 0.2) is 247 Å². The molecular formula is C67H45N3O. The van der Waals surface area contributed by atoms with Gasteiger partial charge in [0.15, 0.2) is 5.82 Å². The van der Waals surface area contributed by atoms with Crippen molar-refractivity contribution in [2.24, 2.45) is 0 Å². The minimum atomic E-state index is -0.524. The van der Waals surface area contributed by atoms with Gasteiger partial charge in [0.25, 0.3) is 0 Å². The molecule has 3 aromatic heterocycles. The van der Waals surface area contributed by atoms with Crippen molar-refractivity contribution in [3.05, 3.63) is 270 Å². The van der Waals surface area contributed by atoms with E-state index >= 15 is 0 Å². The molecule has 14 rings (SSSR count). The van der Waals surface area contributed by atoms with Gasteiger partial charge in [0.2, 0.25) is 0 Å². The Hall–Kier alpha value is -9.12. The van der Waals surface area contributed by atoms with E-state index in [4.69, 9.17) is 14.4 Å². The number of benzene rings is 10. The number of hydrogen-bond acceptors (Lipinski definition) is 3. The fourth-order valence-corrected chi connectivity index (χ4v) is 11.7. The van der Waals surface area contributed by atoms with Gasteiger partial charge in [0.1, 0.15) is 11.2 Å². The van der Waals surface area contributed by atoms with E-state index in [9.17, 15) is 0 Å². The number of rotatable bonds is 8. The minimum Gasteiger partial charge on any atom is -0.456 e. The highest BCUT2D eigenvalue weighted by molar-refractivity contribution is 6.12. The van der Waals surface area contributed by atoms with Gasteiger partial charge in [-0.1, -0.05) is 195 Å². The van der Waals surface area contributed by atoms with E-state index in [1.54, 1.807) is 0 Å². The van der Waals surface area contributed by atoms with Crippen LogP contribution in [0, 0.1) is 0 Å². The topological polar surface area (TPSA) is 43.9 Å². The summed E-state index contributed by atoms with van der Waals surface area (Å²) in [6.45, 7) is 2.21. The van der Waals surface area contributed by atoms with Crippen LogP contribution >= 0.6 is 0 Å². The first kappa shape index (κ1) is 40.9. The summed E-state index contributed by atoms with van der Waals surface area (Å²) in [7, 11) is 0. The smallest absolute Gasteiger partial charge is 0.160 e. The van der Waals surface area contributed by atoms with Gasteiger partial charge in [0, 0.05) is 49.5 Å². The predicted molar refractivity (Wildman–Crippen MR) is 292 cm³/mol. The molecule has 0 radical (unpaired) electrons. The first-order chi connectivity index (χ1) is 35.2. The lowest BCUT2D eigenvalue weighted by atomic mass is 9.67. The lowest BCUT2D eigenvalue weighted by molar-refractivity contribution is 0.669. The van der Waals surface area contributed by atoms with Crippen LogP contribution in [0.1, 0.15) is 34.7 Å². The van der Waals surface area contributed by atoms with Crippen molar-refractivity contribution >= 4 is 43.7 Å². The summed E-state index contributed by atoms with van der Waals surface area (Å²) in [6, 6.07) is 87.7. The molecule has 10 aromatic carbocycles. The molecule has 0 atom stereocenters. The Labute approximate surface area is 411 Å². The van der Waals surface area contributed by atoms with E-state index in [-0.39, 0.29) is 0 Å². The Kier molecular flexibility index (Phi) is 9.37. The molecule has 0 N–H and O–H groups in total. The molecule has 4 nitrogen and oxygen atoms in total. The van der Waals surface area contributed by atoms with Crippen molar-refractivity contribution in [2.75, 3.05) is 0 Å². The van der Waals surface area contributed by atoms with Crippen LogP contribution in [-0.4, -0.2) is 14.5 Å². The fourth-order valence-electron chi connectivity index (χ4n) is 11.7. The molecule has 4 heteroatoms. The Balaban J connectivity index is 0.969. The third-order valence-corrected chi connectivity index (χ3v) is 14.9. The average molecular weight is 908 g/mol. The zero-order chi connectivity index (χ0) is 47.0. The number of aromatic nitrogens is 3. The third-order valence-electron chi connectivity index (χ3n) is 14.9. The van der Waals surface area contributed by atoms with E-state index in [1.165, 1.54) is 44.2 Å². The molecule has 71 heavy (non-hydrogen) atoms. The fraction of sp³-hybridized carbons (Fsp3) is 0.0448. The van der Waals surface area contributed by atoms with Crippen molar-refractivity contribution in [2.45, 2.75) is 18.8 Å². The van der Waals surface area contributed by atoms with Crippen molar-refractivity contribution < 1.29 is 4.42 Å². The average Bonchev–Trinajstić information content (AvgIpc) is 4.08. The molecule has 0 aliphatic heterocycles. The van der Waals surface area contributed by atoms with Crippen LogP contribution in [0.2, 0.25) is 0 Å². The maximum absolute atomic E-state index is 6.63. The van der Waals surface area contributed by atoms with Gasteiger partial charge >= 0.3 is 0 Å². The lowest BCUT2D eigenvalue weighted by Crippen LogP contribution is -2.28. The number of para-hydroxylation sites is 1. The highest BCUT2D eigenvalue weighted by Gasteiger charge is 2.46. The third kappa shape index (κ3) is 6.31. The first-order valence-electron chi connectivity index (χ1n) is 24.5. The Morgan fingerprint density at radius 2 is 0.972 bits per heavy atom. The molecule has 13 aromatic rings. The predicted octanol–water partition coefficient (Wildman–Crippen LogP) is 17.1. The number of furan rings is 1. The molecule has 334 valence electrons. The van der Waals surface area contributed by atoms with Gasteiger partial charge in [0.05, 0.1) is 27.8 Å². The van der Waals surface area contributed by atoms with Gasteiger partial charge < -0.3 is 8.98 Å². The largest absolute Gasteiger partial charge is 0.456 e. The summed E-state index contributed by atoms with van der Waals surface area (Å²) >= 11 is 0. The second-order valence-corrected chi connectivity index (χ2v) is 18.7. The van der Waals surface area contributed by atoms with Gasteiger partial charge in [-0.3, -0.25) is 0 Å². The maximum atomic E-state index is 6.63. The Morgan fingerprint density at radius 1 is 0.394 bits per heavy atom. The van der Waals surface area contributed by atoms with Crippen molar-refractivity contribution in [3.63, 3.8) is 0 Å². The number of hydrogen-bond donors (Lipinski definition) is 0. The van der Waals surface area contributed by atoms with Crippen LogP contribution in [0.25, 0.3) is 106 Å². The molecule has 0 saturated carbocycles. The summed E-state index contributed by atoms with van der Waals surface area (Å²) in [5.41, 5.74) is 20.3. The molecule has 3 heterocycles. The van der Waals surface area contributed by atoms with Crippen LogP contribution in [0.3, 0.4) is 0 Å². The number of fused-ring (bicyclic) bond motifs is 9. The van der Waals surface area contributed by atoms with Gasteiger partial charge in [-0.05, 0) is 106 Å². The van der Waals surface area contributed by atoms with Gasteiger partial charge in [-0.15, -0.1) is 0 Å². The van der Waals surface area contributed by atoms with Crippen LogP contribution in [0.4, 0.5) is 0 Å². The summed E-state index contributed by atoms with van der Waals surface area (Å²) in [5.74, 6) is 0.652. The van der Waals surface area contributed by atoms with Crippen molar-refractivity contribution in [3.8, 4) is 61.8 Å². The molecule has 0 fully saturated rings. The summed E-state index contributed by atoms with van der Waals surface area (Å²) in [6.07, 6.45) is 0.750. The Morgan fingerprint density at radius 3 is 1.68 bits per heavy atom. The molecule has 0 unspecified atom stereocenters. The van der Waals surface area contributed by atoms with Crippen LogP contribution in [-0.2, 0) is 11.8 Å². The molecule has 1 aliphatic carbocycles. The first-order valence-corrected chi connectivity index (χ1v) is 24.5. The highest BCUT2D eigenvalue weighted by atomic mass is 16.3. The molecular weight excluding hydrogens is 863 g/mol. The quantitative estimate of drug-likeness (QED) is 0.153. The lowest BCUT2D eigenvalue weighted by Gasteiger charge is -2.34. The van der Waals surface area contributed by atoms with Crippen molar-refractivity contribution in [1.29, 1.82) is 0 Å². The van der Waals surface area contributed by atoms with E-state index in [2.05, 4.69) is 248 Å². The second-order valence-electron chi connectivity index (χ2n) is 18.7. The molecule has 0 bridgehead atoms. The van der Waals surface area contributed by atoms with Crippen LogP contribution in [0.5, 0.6) is 0 Å². The summed E-state index contributed by atoms with van der Waals surface area (Å²) < 4.78 is 9.09. The van der Waals surface area contributed by atoms with E-state index < -0.39 is 5.41 Å².